The molecule has 2 saturated heterocycles. The highest BCUT2D eigenvalue weighted by atomic mass is 16.2. The van der Waals surface area contributed by atoms with Gasteiger partial charge < -0.3 is 10.6 Å². The van der Waals surface area contributed by atoms with Crippen LogP contribution in [-0.2, 0) is 9.59 Å². The van der Waals surface area contributed by atoms with Crippen molar-refractivity contribution in [3.63, 3.8) is 0 Å². The standard InChI is InChI=1S/C33H45N5O2/c1-3-28-9-5-7-17-37(28)19-15-32(39)34-26-13-11-24-21-25-12-14-27(23-31(25)36-30(24)22-26)35-33(40)16-20-38-18-8-6-10-29(38)4-2/h11-14,21-23,28-29H,3-10,15-20H2,1-2H3,(H,34,39)(H,35,40)/t28-,29+. The van der Waals surface area contributed by atoms with Crippen LogP contribution < -0.4 is 10.6 Å². The van der Waals surface area contributed by atoms with E-state index in [1.165, 1.54) is 38.5 Å². The van der Waals surface area contributed by atoms with Crippen molar-refractivity contribution in [3.05, 3.63) is 42.5 Å². The van der Waals surface area contributed by atoms with Crippen molar-refractivity contribution in [1.29, 1.82) is 0 Å². The van der Waals surface area contributed by atoms with Gasteiger partial charge in [0.15, 0.2) is 0 Å². The van der Waals surface area contributed by atoms with E-state index in [9.17, 15) is 9.59 Å². The molecule has 0 radical (unpaired) electrons. The fraction of sp³-hybridized carbons (Fsp3) is 0.545. The quantitative estimate of drug-likeness (QED) is 0.283. The number of anilines is 2. The van der Waals surface area contributed by atoms with Crippen LogP contribution in [0.15, 0.2) is 42.5 Å². The van der Waals surface area contributed by atoms with Crippen LogP contribution in [0.1, 0.15) is 78.1 Å². The number of carbonyl (C=O) groups excluding carboxylic acids is 2. The molecule has 2 aliphatic heterocycles. The summed E-state index contributed by atoms with van der Waals surface area (Å²) in [6.07, 6.45) is 10.8. The Morgan fingerprint density at radius 2 is 1.20 bits per heavy atom. The van der Waals surface area contributed by atoms with E-state index in [4.69, 9.17) is 4.98 Å². The molecule has 7 heteroatoms. The molecule has 0 aliphatic carbocycles. The predicted molar refractivity (Wildman–Crippen MR) is 165 cm³/mol. The Morgan fingerprint density at radius 3 is 1.65 bits per heavy atom. The Bertz CT molecular complexity index is 1230. The molecule has 40 heavy (non-hydrogen) atoms. The Kier molecular flexibility index (Phi) is 9.66. The summed E-state index contributed by atoms with van der Waals surface area (Å²) < 4.78 is 0. The van der Waals surface area contributed by atoms with E-state index in [1.54, 1.807) is 0 Å². The molecular formula is C33H45N5O2. The number of piperidine rings is 2. The summed E-state index contributed by atoms with van der Waals surface area (Å²) in [5.74, 6) is 0.0840. The number of nitrogens with one attached hydrogen (secondary N) is 2. The summed E-state index contributed by atoms with van der Waals surface area (Å²) in [5.41, 5.74) is 3.18. The Hall–Kier alpha value is -3.03. The SMILES string of the molecule is CC[C@@H]1CCCCN1CCC(=O)Nc1ccc2cc3ccc(NC(=O)CCN4CCCC[C@@H]4CC)cc3nc2c1. The first-order valence-electron chi connectivity index (χ1n) is 15.4. The third-order valence-electron chi connectivity index (χ3n) is 8.87. The van der Waals surface area contributed by atoms with Crippen molar-refractivity contribution >= 4 is 45.0 Å². The van der Waals surface area contributed by atoms with Crippen molar-refractivity contribution in [2.45, 2.75) is 90.1 Å². The number of hydrogen-bond acceptors (Lipinski definition) is 5. The number of amides is 2. The summed E-state index contributed by atoms with van der Waals surface area (Å²) in [4.78, 5) is 35.3. The number of rotatable bonds is 10. The number of pyridine rings is 1. The van der Waals surface area contributed by atoms with Gasteiger partial charge in [-0.25, -0.2) is 4.98 Å². The molecule has 2 amide bonds. The number of aromatic nitrogens is 1. The van der Waals surface area contributed by atoms with Gasteiger partial charge in [0.25, 0.3) is 0 Å². The van der Waals surface area contributed by atoms with E-state index in [0.29, 0.717) is 24.9 Å². The molecule has 0 spiro atoms. The smallest absolute Gasteiger partial charge is 0.225 e. The normalized spacial score (nSPS) is 20.6. The van der Waals surface area contributed by atoms with Crippen LogP contribution >= 0.6 is 0 Å². The van der Waals surface area contributed by atoms with Crippen molar-refractivity contribution in [3.8, 4) is 0 Å². The van der Waals surface area contributed by atoms with Crippen molar-refractivity contribution in [2.24, 2.45) is 0 Å². The average molecular weight is 544 g/mol. The first-order chi connectivity index (χ1) is 19.5. The lowest BCUT2D eigenvalue weighted by Gasteiger charge is -2.35. The summed E-state index contributed by atoms with van der Waals surface area (Å²) in [6.45, 7) is 8.30. The lowest BCUT2D eigenvalue weighted by Crippen LogP contribution is -2.40. The van der Waals surface area contributed by atoms with Gasteiger partial charge >= 0.3 is 0 Å². The van der Waals surface area contributed by atoms with E-state index in [-0.39, 0.29) is 11.8 Å². The van der Waals surface area contributed by atoms with Crippen molar-refractivity contribution in [2.75, 3.05) is 36.8 Å². The third kappa shape index (κ3) is 7.18. The Morgan fingerprint density at radius 1 is 0.725 bits per heavy atom. The van der Waals surface area contributed by atoms with Crippen LogP contribution in [0.5, 0.6) is 0 Å². The molecule has 2 aromatic carbocycles. The summed E-state index contributed by atoms with van der Waals surface area (Å²) in [5, 5.41) is 8.19. The molecule has 7 nitrogen and oxygen atoms in total. The number of hydrogen-bond donors (Lipinski definition) is 2. The number of nitrogens with zero attached hydrogens (tertiary/aromatic N) is 3. The van der Waals surface area contributed by atoms with Gasteiger partial charge in [0, 0.05) is 60.2 Å². The van der Waals surface area contributed by atoms with Gasteiger partial charge in [0.2, 0.25) is 11.8 Å². The molecule has 1 aromatic heterocycles. The minimum Gasteiger partial charge on any atom is -0.326 e. The van der Waals surface area contributed by atoms with Gasteiger partial charge in [-0.2, -0.15) is 0 Å². The first-order valence-corrected chi connectivity index (χ1v) is 15.4. The highest BCUT2D eigenvalue weighted by Gasteiger charge is 2.22. The van der Waals surface area contributed by atoms with Gasteiger partial charge in [-0.05, 0) is 81.9 Å². The van der Waals surface area contributed by atoms with E-state index in [1.807, 2.05) is 36.4 Å². The second kappa shape index (κ2) is 13.6. The van der Waals surface area contributed by atoms with Crippen LogP contribution in [0.3, 0.4) is 0 Å². The fourth-order valence-corrected chi connectivity index (χ4v) is 6.55. The summed E-state index contributed by atoms with van der Waals surface area (Å²) >= 11 is 0. The predicted octanol–water partition coefficient (Wildman–Crippen LogP) is 6.57. The van der Waals surface area contributed by atoms with E-state index in [0.717, 1.165) is 72.2 Å². The maximum absolute atomic E-state index is 12.7. The second-order valence-electron chi connectivity index (χ2n) is 11.6. The maximum Gasteiger partial charge on any atom is 0.225 e. The topological polar surface area (TPSA) is 77.6 Å². The largest absolute Gasteiger partial charge is 0.326 e. The molecule has 2 fully saturated rings. The zero-order valence-corrected chi connectivity index (χ0v) is 24.3. The van der Waals surface area contributed by atoms with Gasteiger partial charge in [-0.1, -0.05) is 38.8 Å². The molecule has 5 rings (SSSR count). The minimum atomic E-state index is 0.0420. The molecule has 3 aromatic rings. The molecule has 0 bridgehead atoms. The molecule has 0 saturated carbocycles. The van der Waals surface area contributed by atoms with Crippen LogP contribution in [0.25, 0.3) is 21.8 Å². The monoisotopic (exact) mass is 543 g/mol. The number of likely N-dealkylation sites (tertiary alicyclic amines) is 2. The van der Waals surface area contributed by atoms with Crippen molar-refractivity contribution in [1.82, 2.24) is 14.8 Å². The average Bonchev–Trinajstić information content (AvgIpc) is 2.98. The molecule has 3 heterocycles. The van der Waals surface area contributed by atoms with E-state index >= 15 is 0 Å². The number of fused-ring (bicyclic) bond motifs is 2. The highest BCUT2D eigenvalue weighted by Crippen LogP contribution is 2.26. The Labute approximate surface area is 238 Å². The molecule has 214 valence electrons. The zero-order chi connectivity index (χ0) is 27.9. The summed E-state index contributed by atoms with van der Waals surface area (Å²) in [6, 6.07) is 15.1. The van der Waals surface area contributed by atoms with Crippen LogP contribution in [0.4, 0.5) is 11.4 Å². The third-order valence-corrected chi connectivity index (χ3v) is 8.87. The highest BCUT2D eigenvalue weighted by molar-refractivity contribution is 5.99. The van der Waals surface area contributed by atoms with Crippen molar-refractivity contribution < 1.29 is 9.59 Å². The fourth-order valence-electron chi connectivity index (χ4n) is 6.55. The number of carbonyl (C=O) groups is 2. The number of benzene rings is 2. The zero-order valence-electron chi connectivity index (χ0n) is 24.3. The molecule has 2 aliphatic rings. The lowest BCUT2D eigenvalue weighted by atomic mass is 10.00. The van der Waals surface area contributed by atoms with E-state index < -0.39 is 0 Å². The van der Waals surface area contributed by atoms with Crippen LogP contribution in [0, 0.1) is 0 Å². The van der Waals surface area contributed by atoms with E-state index in [2.05, 4.69) is 40.3 Å². The molecule has 0 unspecified atom stereocenters. The maximum atomic E-state index is 12.7. The van der Waals surface area contributed by atoms with Crippen LogP contribution in [-0.4, -0.2) is 64.9 Å². The van der Waals surface area contributed by atoms with Gasteiger partial charge in [0.1, 0.15) is 0 Å². The van der Waals surface area contributed by atoms with Crippen LogP contribution in [0.2, 0.25) is 0 Å². The van der Waals surface area contributed by atoms with Gasteiger partial charge in [-0.15, -0.1) is 0 Å². The van der Waals surface area contributed by atoms with Gasteiger partial charge in [-0.3, -0.25) is 19.4 Å². The molecule has 2 N–H and O–H groups in total. The molecule has 2 atom stereocenters. The molecular weight excluding hydrogens is 498 g/mol. The second-order valence-corrected chi connectivity index (χ2v) is 11.6. The first kappa shape index (κ1) is 28.5. The summed E-state index contributed by atoms with van der Waals surface area (Å²) in [7, 11) is 0. The Balaban J connectivity index is 1.20. The van der Waals surface area contributed by atoms with Gasteiger partial charge in [0.05, 0.1) is 11.0 Å². The minimum absolute atomic E-state index is 0.0420. The lowest BCUT2D eigenvalue weighted by molar-refractivity contribution is -0.117.